The van der Waals surface area contributed by atoms with Crippen LogP contribution in [0, 0.1) is 28.6 Å². The normalized spacial score (nSPS) is 16.4. The van der Waals surface area contributed by atoms with E-state index in [1.807, 2.05) is 18.2 Å². The van der Waals surface area contributed by atoms with Crippen LogP contribution in [0.4, 0.5) is 8.78 Å². The van der Waals surface area contributed by atoms with Crippen LogP contribution in [-0.2, 0) is 24.4 Å². The second kappa shape index (κ2) is 12.6. The number of benzene rings is 3. The number of methoxy groups -OCH3 is 1. The fraction of sp³-hybridized carbons (Fsp3) is 0.361. The monoisotopic (exact) mass is 658 g/mol. The number of ether oxygens (including phenoxy) is 2. The molecule has 3 heterocycles. The first-order valence-electron chi connectivity index (χ1n) is 15.7. The van der Waals surface area contributed by atoms with Gasteiger partial charge in [0.1, 0.15) is 18.0 Å². The third kappa shape index (κ3) is 6.18. The number of rotatable bonds is 10. The van der Waals surface area contributed by atoms with E-state index in [0.717, 1.165) is 61.2 Å². The Bertz CT molecular complexity index is 2020. The van der Waals surface area contributed by atoms with Crippen LogP contribution < -0.4 is 4.74 Å². The number of hydrogen-bond acceptors (Lipinski definition) is 7. The van der Waals surface area contributed by atoms with Crippen molar-refractivity contribution in [3.8, 4) is 11.8 Å². The van der Waals surface area contributed by atoms with Gasteiger partial charge in [-0.25, -0.2) is 14.2 Å². The predicted octanol–water partition coefficient (Wildman–Crippen LogP) is 8.15. The summed E-state index contributed by atoms with van der Waals surface area (Å²) in [5, 5.41) is 10.3. The van der Waals surface area contributed by atoms with E-state index in [1.165, 1.54) is 19.2 Å². The van der Waals surface area contributed by atoms with E-state index in [1.54, 1.807) is 24.3 Å². The molecule has 0 atom stereocenters. The van der Waals surface area contributed by atoms with Crippen molar-refractivity contribution in [3.05, 3.63) is 94.0 Å². The molecule has 1 aliphatic heterocycles. The van der Waals surface area contributed by atoms with Crippen LogP contribution in [0.25, 0.3) is 22.0 Å². The zero-order valence-corrected chi connectivity index (χ0v) is 26.7. The van der Waals surface area contributed by atoms with Gasteiger partial charge < -0.3 is 18.5 Å². The number of carbonyl (C=O) groups excluding carboxylic acids is 1. The lowest BCUT2D eigenvalue weighted by atomic mass is 9.88. The Labute approximate surface area is 275 Å². The van der Waals surface area contributed by atoms with Crippen molar-refractivity contribution in [1.82, 2.24) is 14.5 Å². The molecular weight excluding hydrogens is 626 g/mol. The number of carbonyl (C=O) groups is 1. The molecule has 0 bridgehead atoms. The Morgan fingerprint density at radius 2 is 1.96 bits per heavy atom. The minimum Gasteiger partial charge on any atom is -0.485 e. The molecule has 0 N–H and O–H groups in total. The summed E-state index contributed by atoms with van der Waals surface area (Å²) in [5.41, 5.74) is 3.71. The van der Waals surface area contributed by atoms with Gasteiger partial charge in [-0.15, -0.1) is 0 Å². The molecule has 8 nitrogen and oxygen atoms in total. The quantitative estimate of drug-likeness (QED) is 0.140. The highest BCUT2D eigenvalue weighted by molar-refractivity contribution is 6.35. The van der Waals surface area contributed by atoms with E-state index in [9.17, 15) is 14.4 Å². The molecule has 11 heteroatoms. The van der Waals surface area contributed by atoms with Crippen molar-refractivity contribution in [1.29, 1.82) is 5.26 Å². The van der Waals surface area contributed by atoms with E-state index < -0.39 is 17.8 Å². The van der Waals surface area contributed by atoms with Crippen molar-refractivity contribution < 1.29 is 27.5 Å². The summed E-state index contributed by atoms with van der Waals surface area (Å²) in [6, 6.07) is 16.6. The van der Waals surface area contributed by atoms with Gasteiger partial charge in [-0.3, -0.25) is 4.90 Å². The maximum absolute atomic E-state index is 15.2. The summed E-state index contributed by atoms with van der Waals surface area (Å²) in [5.74, 6) is 0.306. The summed E-state index contributed by atoms with van der Waals surface area (Å²) in [4.78, 5) is 19.6. The van der Waals surface area contributed by atoms with Crippen LogP contribution in [0.5, 0.6) is 5.75 Å². The van der Waals surface area contributed by atoms with Gasteiger partial charge in [0, 0.05) is 41.0 Å². The fourth-order valence-electron chi connectivity index (χ4n) is 6.77. The highest BCUT2D eigenvalue weighted by Crippen LogP contribution is 2.50. The third-order valence-corrected chi connectivity index (χ3v) is 9.93. The van der Waals surface area contributed by atoms with Crippen molar-refractivity contribution in [3.63, 3.8) is 0 Å². The first kappa shape index (κ1) is 31.2. The molecule has 0 amide bonds. The number of esters is 1. The molecule has 0 radical (unpaired) electrons. The largest absolute Gasteiger partial charge is 0.485 e. The highest BCUT2D eigenvalue weighted by Gasteiger charge is 2.43. The number of hydrogen-bond donors (Lipinski definition) is 0. The van der Waals surface area contributed by atoms with Gasteiger partial charge in [0.2, 0.25) is 0 Å². The van der Waals surface area contributed by atoms with Crippen LogP contribution in [-0.4, -0.2) is 40.6 Å². The lowest BCUT2D eigenvalue weighted by Crippen LogP contribution is -2.33. The van der Waals surface area contributed by atoms with Crippen LogP contribution in [0.15, 0.2) is 59.0 Å². The van der Waals surface area contributed by atoms with Crippen molar-refractivity contribution in [2.24, 2.45) is 5.41 Å². The molecule has 7 rings (SSSR count). The molecule has 2 fully saturated rings. The Balaban J connectivity index is 1.08. The number of likely N-dealkylation sites (tertiary alicyclic amines) is 1. The number of furan rings is 1. The Morgan fingerprint density at radius 1 is 1.15 bits per heavy atom. The van der Waals surface area contributed by atoms with Gasteiger partial charge in [-0.05, 0) is 75.0 Å². The smallest absolute Gasteiger partial charge is 0.337 e. The summed E-state index contributed by atoms with van der Waals surface area (Å²) in [7, 11) is 1.36. The lowest BCUT2D eigenvalue weighted by Gasteiger charge is -2.33. The number of piperidine rings is 1. The molecular formula is C36H33ClF2N4O4. The molecule has 1 saturated heterocycles. The molecule has 47 heavy (non-hydrogen) atoms. The molecule has 5 aromatic rings. The third-order valence-electron chi connectivity index (χ3n) is 9.60. The van der Waals surface area contributed by atoms with Crippen molar-refractivity contribution in [2.75, 3.05) is 20.2 Å². The first-order valence-corrected chi connectivity index (χ1v) is 16.1. The molecule has 0 unspecified atom stereocenters. The summed E-state index contributed by atoms with van der Waals surface area (Å²) >= 11 is 6.21. The summed E-state index contributed by atoms with van der Waals surface area (Å²) in [6.45, 7) is 2.81. The highest BCUT2D eigenvalue weighted by atomic mass is 35.5. The van der Waals surface area contributed by atoms with Gasteiger partial charge in [-0.1, -0.05) is 29.8 Å². The van der Waals surface area contributed by atoms with E-state index in [2.05, 4.69) is 15.5 Å². The van der Waals surface area contributed by atoms with Crippen molar-refractivity contribution in [2.45, 2.75) is 57.7 Å². The molecule has 2 aromatic heterocycles. The Morgan fingerprint density at radius 3 is 2.70 bits per heavy atom. The molecule has 1 aliphatic carbocycles. The molecule has 3 aromatic carbocycles. The number of para-hydroxylation sites is 1. The van der Waals surface area contributed by atoms with Gasteiger partial charge >= 0.3 is 5.97 Å². The number of halogens is 3. The number of nitrogens with zero attached hydrogens (tertiary/aromatic N) is 4. The van der Waals surface area contributed by atoms with E-state index in [0.29, 0.717) is 41.0 Å². The second-order valence-electron chi connectivity index (χ2n) is 12.6. The van der Waals surface area contributed by atoms with Gasteiger partial charge in [0.05, 0.1) is 41.3 Å². The van der Waals surface area contributed by atoms with Crippen LogP contribution in [0.3, 0.4) is 0 Å². The Kier molecular flexibility index (Phi) is 8.37. The fourth-order valence-corrected chi connectivity index (χ4v) is 6.97. The van der Waals surface area contributed by atoms with Crippen molar-refractivity contribution >= 4 is 39.6 Å². The zero-order valence-electron chi connectivity index (χ0n) is 25.9. The van der Waals surface area contributed by atoms with E-state index in [-0.39, 0.29) is 29.3 Å². The Hall–Kier alpha value is -4.46. The van der Waals surface area contributed by atoms with E-state index in [4.69, 9.17) is 30.5 Å². The number of aromatic nitrogens is 2. The standard InChI is InChI=1S/C36H33ClF2N4O4/c1-45-35(44)23-6-8-29-30(17-23)43(21-36(11-12-36)13-14-40)32(41-29)19-42-15-9-22(10-16-42)25-3-2-4-28(38)34(25)46-20-24-5-7-27(37)26-18-31(39)47-33(24)26/h2-8,17-18,22H,9-13,15-16,19-21H2,1H3. The SMILES string of the molecule is COC(=O)c1ccc2nc(CN3CCC(c4cccc(F)c4OCc4ccc(Cl)c5cc(F)oc45)CC3)n(CC3(CC#N)CC3)c2c1. The maximum atomic E-state index is 15.2. The van der Waals surface area contributed by atoms with Crippen LogP contribution in [0.1, 0.15) is 65.3 Å². The second-order valence-corrected chi connectivity index (χ2v) is 13.0. The molecule has 242 valence electrons. The maximum Gasteiger partial charge on any atom is 0.337 e. The average Bonchev–Trinajstić information content (AvgIpc) is 3.58. The topological polar surface area (TPSA) is 93.5 Å². The number of imidazole rings is 1. The zero-order chi connectivity index (χ0) is 32.7. The molecule has 2 aliphatic rings. The predicted molar refractivity (Wildman–Crippen MR) is 172 cm³/mol. The number of fused-ring (bicyclic) bond motifs is 2. The summed E-state index contributed by atoms with van der Waals surface area (Å²) in [6.07, 6.45) is 4.04. The van der Waals surface area contributed by atoms with Gasteiger partial charge in [0.25, 0.3) is 6.01 Å². The average molecular weight is 659 g/mol. The van der Waals surface area contributed by atoms with Crippen LogP contribution in [0.2, 0.25) is 5.02 Å². The summed E-state index contributed by atoms with van der Waals surface area (Å²) < 4.78 is 47.5. The number of nitriles is 1. The van der Waals surface area contributed by atoms with Gasteiger partial charge in [-0.2, -0.15) is 9.65 Å². The van der Waals surface area contributed by atoms with Gasteiger partial charge in [0.15, 0.2) is 11.6 Å². The minimum absolute atomic E-state index is 0.00535. The van der Waals surface area contributed by atoms with Crippen LogP contribution >= 0.6 is 11.6 Å². The molecule has 0 spiro atoms. The first-order chi connectivity index (χ1) is 22.8. The lowest BCUT2D eigenvalue weighted by molar-refractivity contribution is 0.0601. The minimum atomic E-state index is -0.747. The van der Waals surface area contributed by atoms with E-state index >= 15 is 4.39 Å². The molecule has 1 saturated carbocycles.